The molecule has 3 aromatic rings. The van der Waals surface area contributed by atoms with Gasteiger partial charge in [-0.05, 0) is 37.5 Å². The number of halogens is 1. The second kappa shape index (κ2) is 6.98. The van der Waals surface area contributed by atoms with Gasteiger partial charge in [0.1, 0.15) is 18.0 Å². The fraction of sp³-hybridized carbons (Fsp3) is 0.389. The van der Waals surface area contributed by atoms with Crippen LogP contribution in [0.15, 0.2) is 30.6 Å². The Bertz CT molecular complexity index is 871. The van der Waals surface area contributed by atoms with Gasteiger partial charge < -0.3 is 16.0 Å². The van der Waals surface area contributed by atoms with Crippen LogP contribution in [0.1, 0.15) is 36.7 Å². The molecule has 1 aromatic carbocycles. The molecule has 1 aliphatic carbocycles. The lowest BCUT2D eigenvalue weighted by molar-refractivity contribution is 0.345. The average Bonchev–Trinajstić information content (AvgIpc) is 2.98. The quantitative estimate of drug-likeness (QED) is 0.589. The van der Waals surface area contributed by atoms with Gasteiger partial charge in [-0.3, -0.25) is 0 Å². The molecule has 4 N–H and O–H groups in total. The van der Waals surface area contributed by atoms with Crippen LogP contribution < -0.4 is 11.1 Å². The molecule has 25 heavy (non-hydrogen) atoms. The molecule has 0 spiro atoms. The van der Waals surface area contributed by atoms with Gasteiger partial charge in [0.05, 0.1) is 11.0 Å². The van der Waals surface area contributed by atoms with E-state index in [1.807, 2.05) is 24.3 Å². The molecule has 4 rings (SSSR count). The van der Waals surface area contributed by atoms with E-state index in [2.05, 4.69) is 25.3 Å². The SMILES string of the molecule is NC1CC(c2cc(NCCCc3nc4ccc(Cl)cc4[nH]3)ncn2)C1. The van der Waals surface area contributed by atoms with Crippen molar-refractivity contribution < 1.29 is 0 Å². The van der Waals surface area contributed by atoms with Crippen molar-refractivity contribution in [2.75, 3.05) is 11.9 Å². The summed E-state index contributed by atoms with van der Waals surface area (Å²) in [5, 5.41) is 4.09. The molecule has 2 heterocycles. The second-order valence-corrected chi connectivity index (χ2v) is 7.07. The molecule has 1 aliphatic rings. The summed E-state index contributed by atoms with van der Waals surface area (Å²) in [6.07, 6.45) is 5.50. The maximum Gasteiger partial charge on any atom is 0.129 e. The molecule has 6 nitrogen and oxygen atoms in total. The summed E-state index contributed by atoms with van der Waals surface area (Å²) in [6.45, 7) is 0.832. The van der Waals surface area contributed by atoms with Crippen LogP contribution in [0.2, 0.25) is 5.02 Å². The normalized spacial score (nSPS) is 19.8. The number of nitrogens with two attached hydrogens (primary N) is 1. The summed E-state index contributed by atoms with van der Waals surface area (Å²) in [5.41, 5.74) is 8.88. The Balaban J connectivity index is 1.29. The predicted octanol–water partition coefficient (Wildman–Crippen LogP) is 3.26. The lowest BCUT2D eigenvalue weighted by Gasteiger charge is -2.31. The fourth-order valence-electron chi connectivity index (χ4n) is 3.22. The van der Waals surface area contributed by atoms with Crippen molar-refractivity contribution in [2.45, 2.75) is 37.6 Å². The van der Waals surface area contributed by atoms with Crippen LogP contribution in [0.3, 0.4) is 0 Å². The van der Waals surface area contributed by atoms with Crippen LogP contribution in [0.5, 0.6) is 0 Å². The van der Waals surface area contributed by atoms with Gasteiger partial charge in [0.2, 0.25) is 0 Å². The van der Waals surface area contributed by atoms with Gasteiger partial charge in [-0.1, -0.05) is 11.6 Å². The Labute approximate surface area is 151 Å². The zero-order chi connectivity index (χ0) is 17.2. The number of hydrogen-bond acceptors (Lipinski definition) is 5. The van der Waals surface area contributed by atoms with Crippen molar-refractivity contribution in [3.8, 4) is 0 Å². The van der Waals surface area contributed by atoms with Gasteiger partial charge in [0.25, 0.3) is 0 Å². The van der Waals surface area contributed by atoms with Crippen LogP contribution in [-0.2, 0) is 6.42 Å². The highest BCUT2D eigenvalue weighted by Crippen LogP contribution is 2.34. The first kappa shape index (κ1) is 16.3. The van der Waals surface area contributed by atoms with Gasteiger partial charge >= 0.3 is 0 Å². The predicted molar refractivity (Wildman–Crippen MR) is 99.9 cm³/mol. The summed E-state index contributed by atoms with van der Waals surface area (Å²) < 4.78 is 0. The number of aryl methyl sites for hydroxylation is 1. The monoisotopic (exact) mass is 356 g/mol. The number of aromatic nitrogens is 4. The summed E-state index contributed by atoms with van der Waals surface area (Å²) in [4.78, 5) is 16.6. The van der Waals surface area contributed by atoms with Crippen molar-refractivity contribution in [2.24, 2.45) is 5.73 Å². The molecule has 0 radical (unpaired) electrons. The number of imidazole rings is 1. The van der Waals surface area contributed by atoms with E-state index in [1.54, 1.807) is 6.33 Å². The summed E-state index contributed by atoms with van der Waals surface area (Å²) in [5.74, 6) is 2.34. The lowest BCUT2D eigenvalue weighted by atomic mass is 9.79. The first-order valence-corrected chi connectivity index (χ1v) is 9.01. The third-order valence-corrected chi connectivity index (χ3v) is 4.91. The highest BCUT2D eigenvalue weighted by atomic mass is 35.5. The van der Waals surface area contributed by atoms with E-state index in [-0.39, 0.29) is 0 Å². The number of nitrogens with zero attached hydrogens (tertiary/aromatic N) is 3. The molecule has 0 aliphatic heterocycles. The molecule has 0 atom stereocenters. The number of anilines is 1. The zero-order valence-electron chi connectivity index (χ0n) is 13.9. The highest BCUT2D eigenvalue weighted by Gasteiger charge is 2.28. The van der Waals surface area contributed by atoms with Gasteiger partial charge in [0.15, 0.2) is 0 Å². The van der Waals surface area contributed by atoms with Gasteiger partial charge in [-0.15, -0.1) is 0 Å². The number of rotatable bonds is 6. The molecule has 0 saturated heterocycles. The molecular weight excluding hydrogens is 336 g/mol. The zero-order valence-corrected chi connectivity index (χ0v) is 14.6. The van der Waals surface area contributed by atoms with Crippen LogP contribution in [0.25, 0.3) is 11.0 Å². The molecule has 130 valence electrons. The number of fused-ring (bicyclic) bond motifs is 1. The van der Waals surface area contributed by atoms with Crippen molar-refractivity contribution in [3.05, 3.63) is 47.1 Å². The Hall–Kier alpha value is -2.18. The third kappa shape index (κ3) is 3.75. The lowest BCUT2D eigenvalue weighted by Crippen LogP contribution is -2.35. The topological polar surface area (TPSA) is 92.5 Å². The van der Waals surface area contributed by atoms with E-state index in [1.165, 1.54) is 0 Å². The van der Waals surface area contributed by atoms with Crippen molar-refractivity contribution in [1.29, 1.82) is 0 Å². The Morgan fingerprint density at radius 3 is 2.96 bits per heavy atom. The highest BCUT2D eigenvalue weighted by molar-refractivity contribution is 6.31. The van der Waals surface area contributed by atoms with E-state index in [9.17, 15) is 0 Å². The molecule has 1 saturated carbocycles. The van der Waals surface area contributed by atoms with Crippen LogP contribution in [0.4, 0.5) is 5.82 Å². The van der Waals surface area contributed by atoms with E-state index >= 15 is 0 Å². The van der Waals surface area contributed by atoms with E-state index in [4.69, 9.17) is 17.3 Å². The number of nitrogens with one attached hydrogen (secondary N) is 2. The van der Waals surface area contributed by atoms with Gasteiger partial charge in [-0.25, -0.2) is 15.0 Å². The Morgan fingerprint density at radius 1 is 1.24 bits per heavy atom. The van der Waals surface area contributed by atoms with Gasteiger partial charge in [0, 0.05) is 41.7 Å². The molecule has 2 aromatic heterocycles. The van der Waals surface area contributed by atoms with Crippen molar-refractivity contribution >= 4 is 28.5 Å². The smallest absolute Gasteiger partial charge is 0.129 e. The molecule has 0 unspecified atom stereocenters. The number of aromatic amines is 1. The molecule has 0 bridgehead atoms. The number of H-pyrrole nitrogens is 1. The Morgan fingerprint density at radius 2 is 2.12 bits per heavy atom. The second-order valence-electron chi connectivity index (χ2n) is 6.63. The molecule has 0 amide bonds. The largest absolute Gasteiger partial charge is 0.370 e. The minimum atomic E-state index is 0.329. The van der Waals surface area contributed by atoms with Gasteiger partial charge in [-0.2, -0.15) is 0 Å². The van der Waals surface area contributed by atoms with Crippen LogP contribution in [0, 0.1) is 0 Å². The maximum atomic E-state index is 6.00. The van der Waals surface area contributed by atoms with Crippen LogP contribution >= 0.6 is 11.6 Å². The minimum absolute atomic E-state index is 0.329. The number of hydrogen-bond donors (Lipinski definition) is 3. The standard InChI is InChI=1S/C18H21ClN6/c19-12-3-4-14-16(8-12)25-17(24-14)2-1-5-21-18-9-15(22-10-23-18)11-6-13(20)7-11/h3-4,8-11,13H,1-2,5-7,20H2,(H,24,25)(H,21,22,23). The van der Waals surface area contributed by atoms with Crippen molar-refractivity contribution in [1.82, 2.24) is 19.9 Å². The number of benzene rings is 1. The maximum absolute atomic E-state index is 6.00. The third-order valence-electron chi connectivity index (χ3n) is 4.67. The first-order chi connectivity index (χ1) is 12.2. The van der Waals surface area contributed by atoms with Crippen LogP contribution in [-0.4, -0.2) is 32.5 Å². The average molecular weight is 357 g/mol. The first-order valence-electron chi connectivity index (χ1n) is 8.63. The molecule has 1 fully saturated rings. The summed E-state index contributed by atoms with van der Waals surface area (Å²) in [7, 11) is 0. The summed E-state index contributed by atoms with van der Waals surface area (Å²) >= 11 is 6.00. The molecule has 7 heteroatoms. The fourth-order valence-corrected chi connectivity index (χ4v) is 3.39. The van der Waals surface area contributed by atoms with Crippen molar-refractivity contribution in [3.63, 3.8) is 0 Å². The van der Waals surface area contributed by atoms with E-state index in [0.29, 0.717) is 12.0 Å². The summed E-state index contributed by atoms with van der Waals surface area (Å²) in [6, 6.07) is 8.07. The minimum Gasteiger partial charge on any atom is -0.370 e. The Kier molecular flexibility index (Phi) is 4.55. The van der Waals surface area contributed by atoms with E-state index in [0.717, 1.165) is 65.6 Å². The van der Waals surface area contributed by atoms with E-state index < -0.39 is 0 Å². The molecular formula is C18H21ClN6.